The van der Waals surface area contributed by atoms with Crippen LogP contribution in [0.1, 0.15) is 17.5 Å². The van der Waals surface area contributed by atoms with Gasteiger partial charge in [-0.1, -0.05) is 41.9 Å². The molecule has 1 aliphatic heterocycles. The van der Waals surface area contributed by atoms with E-state index in [1.54, 1.807) is 4.57 Å². The van der Waals surface area contributed by atoms with Gasteiger partial charge in [-0.2, -0.15) is 0 Å². The summed E-state index contributed by atoms with van der Waals surface area (Å²) in [7, 11) is 0. The van der Waals surface area contributed by atoms with Crippen LogP contribution in [-0.4, -0.2) is 65.8 Å². The Labute approximate surface area is 223 Å². The zero-order valence-corrected chi connectivity index (χ0v) is 21.1. The van der Waals surface area contributed by atoms with E-state index in [-0.39, 0.29) is 12.4 Å². The van der Waals surface area contributed by atoms with E-state index in [0.717, 1.165) is 22.2 Å². The fourth-order valence-electron chi connectivity index (χ4n) is 4.96. The minimum Gasteiger partial charge on any atom is -0.387 e. The molecule has 3 aromatic heterocycles. The van der Waals surface area contributed by atoms with Gasteiger partial charge in [0.05, 0.1) is 19.5 Å². The molecular formula is C27H27ClN6O4. The van der Waals surface area contributed by atoms with Crippen LogP contribution in [0.15, 0.2) is 67.3 Å². The Bertz CT molecular complexity index is 1570. The lowest BCUT2D eigenvalue weighted by atomic mass is 10.1. The van der Waals surface area contributed by atoms with Crippen molar-refractivity contribution >= 4 is 39.5 Å². The first-order valence-electron chi connectivity index (χ1n) is 12.3. The monoisotopic (exact) mass is 534 g/mol. The zero-order valence-electron chi connectivity index (χ0n) is 20.4. The van der Waals surface area contributed by atoms with Crippen LogP contribution in [0.5, 0.6) is 0 Å². The Morgan fingerprint density at radius 1 is 1.03 bits per heavy atom. The summed E-state index contributed by atoms with van der Waals surface area (Å²) >= 11 is 6.07. The maximum Gasteiger partial charge on any atom is 0.167 e. The molecule has 11 heteroatoms. The highest BCUT2D eigenvalue weighted by molar-refractivity contribution is 6.30. The lowest BCUT2D eigenvalue weighted by Gasteiger charge is -2.16. The molecule has 0 amide bonds. The summed E-state index contributed by atoms with van der Waals surface area (Å²) in [5, 5.41) is 23.2. The number of rotatable bonds is 8. The van der Waals surface area contributed by atoms with Crippen molar-refractivity contribution in [1.82, 2.24) is 24.1 Å². The van der Waals surface area contributed by atoms with Crippen molar-refractivity contribution in [3.05, 3.63) is 83.5 Å². The van der Waals surface area contributed by atoms with Gasteiger partial charge in [-0.25, -0.2) is 15.0 Å². The number of ether oxygens (including phenoxy) is 2. The second kappa shape index (κ2) is 10.3. The van der Waals surface area contributed by atoms with E-state index in [4.69, 9.17) is 26.8 Å². The number of aromatic nitrogens is 5. The number of aliphatic hydroxyl groups is 2. The third-order valence-corrected chi connectivity index (χ3v) is 7.19. The fraction of sp³-hybridized carbons (Fsp3) is 0.296. The summed E-state index contributed by atoms with van der Waals surface area (Å²) in [5.74, 6) is 0.232. The Balaban J connectivity index is 1.12. The zero-order chi connectivity index (χ0) is 26.2. The molecular weight excluding hydrogens is 508 g/mol. The second-order valence-corrected chi connectivity index (χ2v) is 9.80. The van der Waals surface area contributed by atoms with Gasteiger partial charge in [0.1, 0.15) is 30.2 Å². The Kier molecular flexibility index (Phi) is 6.73. The number of imidazole rings is 1. The number of para-hydroxylation sites is 1. The number of nitrogen functional groups attached to an aromatic ring is 1. The highest BCUT2D eigenvalue weighted by Gasteiger charge is 2.44. The lowest BCUT2D eigenvalue weighted by molar-refractivity contribution is -0.0651. The van der Waals surface area contributed by atoms with Crippen LogP contribution < -0.4 is 5.73 Å². The van der Waals surface area contributed by atoms with E-state index in [2.05, 4.69) is 37.7 Å². The van der Waals surface area contributed by atoms with E-state index in [0.29, 0.717) is 35.8 Å². The molecule has 4 N–H and O–H groups in total. The molecule has 1 fully saturated rings. The average Bonchev–Trinajstić information content (AvgIpc) is 3.59. The van der Waals surface area contributed by atoms with Crippen LogP contribution in [-0.2, 0) is 22.4 Å². The van der Waals surface area contributed by atoms with Crippen LogP contribution in [0.4, 0.5) is 5.82 Å². The van der Waals surface area contributed by atoms with Crippen molar-refractivity contribution in [2.24, 2.45) is 0 Å². The summed E-state index contributed by atoms with van der Waals surface area (Å²) in [5.41, 5.74) is 10.1. The van der Waals surface area contributed by atoms with Crippen LogP contribution in [0.3, 0.4) is 0 Å². The van der Waals surface area contributed by atoms with E-state index >= 15 is 0 Å². The number of hydrogen-bond donors (Lipinski definition) is 3. The minimum absolute atomic E-state index is 0.121. The molecule has 0 radical (unpaired) electrons. The van der Waals surface area contributed by atoms with Crippen molar-refractivity contribution in [2.45, 2.75) is 37.5 Å². The number of halogens is 1. The quantitative estimate of drug-likeness (QED) is 0.259. The Hall–Kier alpha value is -3.54. The molecule has 0 saturated carbocycles. The summed E-state index contributed by atoms with van der Waals surface area (Å²) in [4.78, 5) is 12.3. The van der Waals surface area contributed by atoms with E-state index in [9.17, 15) is 10.2 Å². The molecule has 2 aromatic carbocycles. The molecule has 4 heterocycles. The molecule has 196 valence electrons. The molecule has 0 bridgehead atoms. The van der Waals surface area contributed by atoms with Gasteiger partial charge in [-0.05, 0) is 35.2 Å². The van der Waals surface area contributed by atoms with Crippen molar-refractivity contribution in [2.75, 3.05) is 18.9 Å². The molecule has 5 aromatic rings. The predicted molar refractivity (Wildman–Crippen MR) is 143 cm³/mol. The van der Waals surface area contributed by atoms with Crippen LogP contribution in [0.25, 0.3) is 22.1 Å². The maximum absolute atomic E-state index is 10.7. The van der Waals surface area contributed by atoms with Gasteiger partial charge in [0.25, 0.3) is 0 Å². The Morgan fingerprint density at radius 2 is 1.84 bits per heavy atom. The average molecular weight is 535 g/mol. The first kappa shape index (κ1) is 24.8. The first-order chi connectivity index (χ1) is 18.5. The molecule has 38 heavy (non-hydrogen) atoms. The molecule has 10 nitrogen and oxygen atoms in total. The van der Waals surface area contributed by atoms with Gasteiger partial charge in [0, 0.05) is 29.2 Å². The maximum atomic E-state index is 10.7. The van der Waals surface area contributed by atoms with Crippen LogP contribution in [0, 0.1) is 0 Å². The number of nitrogens with two attached hydrogens (primary N) is 1. The van der Waals surface area contributed by atoms with Gasteiger partial charge >= 0.3 is 0 Å². The van der Waals surface area contributed by atoms with Crippen molar-refractivity contribution in [3.63, 3.8) is 0 Å². The molecule has 1 saturated heterocycles. The number of nitrogens with zero attached hydrogens (tertiary/aromatic N) is 5. The molecule has 4 atom stereocenters. The van der Waals surface area contributed by atoms with Crippen LogP contribution in [0.2, 0.25) is 5.02 Å². The summed E-state index contributed by atoms with van der Waals surface area (Å²) in [6.45, 7) is 1.25. The van der Waals surface area contributed by atoms with Crippen molar-refractivity contribution < 1.29 is 19.7 Å². The molecule has 0 unspecified atom stereocenters. The normalized spacial score (nSPS) is 21.6. The first-order valence-corrected chi connectivity index (χ1v) is 12.7. The van der Waals surface area contributed by atoms with Crippen LogP contribution >= 0.6 is 11.6 Å². The summed E-state index contributed by atoms with van der Waals surface area (Å²) < 4.78 is 15.7. The van der Waals surface area contributed by atoms with Crippen molar-refractivity contribution in [3.8, 4) is 0 Å². The smallest absolute Gasteiger partial charge is 0.167 e. The van der Waals surface area contributed by atoms with Crippen molar-refractivity contribution in [1.29, 1.82) is 0 Å². The number of benzene rings is 2. The second-order valence-electron chi connectivity index (χ2n) is 9.36. The third kappa shape index (κ3) is 4.61. The highest BCUT2D eigenvalue weighted by atomic mass is 35.5. The third-order valence-electron chi connectivity index (χ3n) is 6.93. The summed E-state index contributed by atoms with van der Waals surface area (Å²) in [6, 6.07) is 18.3. The van der Waals surface area contributed by atoms with E-state index in [1.807, 2.05) is 36.4 Å². The molecule has 0 spiro atoms. The fourth-order valence-corrected chi connectivity index (χ4v) is 5.09. The standard InChI is InChI=1S/C27H27ClN6O4/c28-18-7-5-16(6-8-18)12-33-19(11-17-3-1-2-4-20(17)33)9-10-37-13-21-23(35)24(36)27(38-21)34-15-32-22-25(29)30-14-31-26(22)34/h1-8,11,14-15,21,23-24,27,35-36H,9-10,12-13H2,(H2,29,30,31)/t21-,23-,24-,27-/m1/s1. The van der Waals surface area contributed by atoms with Gasteiger partial charge in [0.15, 0.2) is 17.7 Å². The van der Waals surface area contributed by atoms with Gasteiger partial charge in [-0.3, -0.25) is 4.57 Å². The number of aliphatic hydroxyl groups excluding tert-OH is 2. The van der Waals surface area contributed by atoms with Gasteiger partial charge < -0.3 is 30.0 Å². The number of fused-ring (bicyclic) bond motifs is 2. The molecule has 6 rings (SSSR count). The predicted octanol–water partition coefficient (Wildman–Crippen LogP) is 2.94. The van der Waals surface area contributed by atoms with Gasteiger partial charge in [0.2, 0.25) is 0 Å². The largest absolute Gasteiger partial charge is 0.387 e. The number of hydrogen-bond acceptors (Lipinski definition) is 8. The highest BCUT2D eigenvalue weighted by Crippen LogP contribution is 2.32. The molecule has 0 aliphatic carbocycles. The lowest BCUT2D eigenvalue weighted by Crippen LogP contribution is -2.34. The van der Waals surface area contributed by atoms with E-state index in [1.165, 1.54) is 12.7 Å². The Morgan fingerprint density at radius 3 is 2.68 bits per heavy atom. The SMILES string of the molecule is Nc1ncnc2c1ncn2[C@@H]1O[C@H](COCCc2cc3ccccc3n2Cc2ccc(Cl)cc2)[C@@H](O)[C@H]1O. The number of anilines is 1. The van der Waals surface area contributed by atoms with E-state index < -0.39 is 24.5 Å². The minimum atomic E-state index is -1.18. The summed E-state index contributed by atoms with van der Waals surface area (Å²) in [6.07, 6.45) is -0.447. The van der Waals surface area contributed by atoms with Gasteiger partial charge in [-0.15, -0.1) is 0 Å². The molecule has 1 aliphatic rings. The topological polar surface area (TPSA) is 133 Å².